The highest BCUT2D eigenvalue weighted by molar-refractivity contribution is 6.06. The summed E-state index contributed by atoms with van der Waals surface area (Å²) in [7, 11) is 0. The summed E-state index contributed by atoms with van der Waals surface area (Å²) >= 11 is 0. The van der Waals surface area contributed by atoms with Crippen LogP contribution in [0.4, 0.5) is 11.4 Å². The quantitative estimate of drug-likeness (QED) is 0.412. The zero-order valence-electron chi connectivity index (χ0n) is 17.1. The molecule has 0 saturated carbocycles. The first kappa shape index (κ1) is 19.8. The molecule has 0 amide bonds. The number of benzene rings is 2. The maximum absolute atomic E-state index is 12.6. The molecular formula is C23H24N2O5. The summed E-state index contributed by atoms with van der Waals surface area (Å²) < 4.78 is 21.9. The summed E-state index contributed by atoms with van der Waals surface area (Å²) in [5.41, 5.74) is 2.46. The number of carbonyl (C=O) groups is 1. The zero-order chi connectivity index (χ0) is 20.9. The predicted octanol–water partition coefficient (Wildman–Crippen LogP) is 5.06. The number of nitrogens with one attached hydrogen (secondary N) is 1. The van der Waals surface area contributed by atoms with Crippen LogP contribution in [0.3, 0.4) is 0 Å². The van der Waals surface area contributed by atoms with Crippen molar-refractivity contribution in [3.8, 4) is 17.2 Å². The molecule has 4 rings (SSSR count). The molecule has 2 heterocycles. The summed E-state index contributed by atoms with van der Waals surface area (Å²) in [5.74, 6) is 1.63. The van der Waals surface area contributed by atoms with Gasteiger partial charge in [-0.25, -0.2) is 4.79 Å². The van der Waals surface area contributed by atoms with Gasteiger partial charge in [0.1, 0.15) is 11.3 Å². The monoisotopic (exact) mass is 408 g/mol. The second-order valence-electron chi connectivity index (χ2n) is 6.84. The number of nitrogens with zero attached hydrogens (tertiary/aromatic N) is 1. The molecule has 0 bridgehead atoms. The van der Waals surface area contributed by atoms with Crippen molar-refractivity contribution in [2.45, 2.75) is 26.7 Å². The highest BCUT2D eigenvalue weighted by Crippen LogP contribution is 2.39. The van der Waals surface area contributed by atoms with Gasteiger partial charge in [0.2, 0.25) is 6.79 Å². The Labute approximate surface area is 174 Å². The van der Waals surface area contributed by atoms with Crippen molar-refractivity contribution in [1.82, 2.24) is 4.98 Å². The number of unbranched alkanes of at least 4 members (excludes halogenated alkanes) is 1. The number of pyridine rings is 1. The van der Waals surface area contributed by atoms with E-state index >= 15 is 0 Å². The fraction of sp³-hybridized carbons (Fsp3) is 0.304. The van der Waals surface area contributed by atoms with Gasteiger partial charge in [0.15, 0.2) is 11.5 Å². The van der Waals surface area contributed by atoms with Gasteiger partial charge in [-0.1, -0.05) is 13.3 Å². The first-order valence-corrected chi connectivity index (χ1v) is 10.1. The van der Waals surface area contributed by atoms with Crippen LogP contribution >= 0.6 is 0 Å². The number of fused-ring (bicyclic) bond motifs is 2. The van der Waals surface area contributed by atoms with E-state index < -0.39 is 5.97 Å². The van der Waals surface area contributed by atoms with Gasteiger partial charge in [0.05, 0.1) is 24.4 Å². The third-order valence-electron chi connectivity index (χ3n) is 4.75. The van der Waals surface area contributed by atoms with Crippen LogP contribution in [-0.2, 0) is 4.74 Å². The van der Waals surface area contributed by atoms with E-state index in [4.69, 9.17) is 18.9 Å². The Kier molecular flexibility index (Phi) is 5.88. The van der Waals surface area contributed by atoms with E-state index in [1.165, 1.54) is 6.20 Å². The Bertz CT molecular complexity index is 1050. The van der Waals surface area contributed by atoms with Gasteiger partial charge in [-0.3, -0.25) is 4.98 Å². The minimum Gasteiger partial charge on any atom is -0.494 e. The molecule has 0 fully saturated rings. The summed E-state index contributed by atoms with van der Waals surface area (Å²) in [4.78, 5) is 17.0. The highest BCUT2D eigenvalue weighted by atomic mass is 16.7. The van der Waals surface area contributed by atoms with Gasteiger partial charge < -0.3 is 24.3 Å². The van der Waals surface area contributed by atoms with Crippen molar-refractivity contribution in [3.05, 3.63) is 48.2 Å². The van der Waals surface area contributed by atoms with Crippen LogP contribution in [0.5, 0.6) is 17.2 Å². The molecule has 1 N–H and O–H groups in total. The molecule has 7 heteroatoms. The maximum atomic E-state index is 12.6. The van der Waals surface area contributed by atoms with Crippen LogP contribution in [0.15, 0.2) is 42.6 Å². The standard InChI is InChI=1S/C23H24N2O5/c1-3-5-10-28-16-8-6-15(7-9-16)25-22-17-11-20-21(30-14-29-20)12-19(17)24-13-18(22)23(26)27-4-2/h6-9,11-13H,3-5,10,14H2,1-2H3,(H,24,25). The Morgan fingerprint density at radius 1 is 1.13 bits per heavy atom. The SMILES string of the molecule is CCCCOc1ccc(Nc2c(C(=O)OCC)cnc3cc4c(cc23)OCO4)cc1. The van der Waals surface area contributed by atoms with Gasteiger partial charge in [-0.05, 0) is 43.7 Å². The third kappa shape index (κ3) is 4.10. The number of hydrogen-bond donors (Lipinski definition) is 1. The number of esters is 1. The average molecular weight is 408 g/mol. The van der Waals surface area contributed by atoms with E-state index in [1.807, 2.05) is 36.4 Å². The minimum atomic E-state index is -0.438. The molecular weight excluding hydrogens is 384 g/mol. The number of carbonyl (C=O) groups excluding carboxylic acids is 1. The molecule has 0 atom stereocenters. The second kappa shape index (κ2) is 8.90. The van der Waals surface area contributed by atoms with Gasteiger partial charge in [0.25, 0.3) is 0 Å². The Balaban J connectivity index is 1.70. The lowest BCUT2D eigenvalue weighted by Gasteiger charge is -2.15. The molecule has 156 valence electrons. The Morgan fingerprint density at radius 2 is 1.90 bits per heavy atom. The lowest BCUT2D eigenvalue weighted by Crippen LogP contribution is -2.09. The molecule has 3 aromatic rings. The number of ether oxygens (including phenoxy) is 4. The number of rotatable bonds is 8. The van der Waals surface area contributed by atoms with Gasteiger partial charge in [-0.15, -0.1) is 0 Å². The second-order valence-corrected chi connectivity index (χ2v) is 6.84. The fourth-order valence-electron chi connectivity index (χ4n) is 3.19. The van der Waals surface area contributed by atoms with Crippen LogP contribution < -0.4 is 19.5 Å². The van der Waals surface area contributed by atoms with Crippen LogP contribution in [0, 0.1) is 0 Å². The first-order chi connectivity index (χ1) is 14.7. The Morgan fingerprint density at radius 3 is 2.63 bits per heavy atom. The van der Waals surface area contributed by atoms with Crippen LogP contribution in [-0.4, -0.2) is 31.0 Å². The molecule has 1 aliphatic heterocycles. The van der Waals surface area contributed by atoms with E-state index in [2.05, 4.69) is 17.2 Å². The topological polar surface area (TPSA) is 78.9 Å². The van der Waals surface area contributed by atoms with Gasteiger partial charge in [-0.2, -0.15) is 0 Å². The molecule has 7 nitrogen and oxygen atoms in total. The van der Waals surface area contributed by atoms with Crippen LogP contribution in [0.1, 0.15) is 37.0 Å². The summed E-state index contributed by atoms with van der Waals surface area (Å²) in [5, 5.41) is 4.09. The molecule has 1 aromatic heterocycles. The minimum absolute atomic E-state index is 0.165. The first-order valence-electron chi connectivity index (χ1n) is 10.1. The van der Waals surface area contributed by atoms with E-state index in [9.17, 15) is 4.79 Å². The molecule has 0 aliphatic carbocycles. The van der Waals surface area contributed by atoms with Crippen LogP contribution in [0.2, 0.25) is 0 Å². The lowest BCUT2D eigenvalue weighted by atomic mass is 10.1. The van der Waals surface area contributed by atoms with Gasteiger partial charge >= 0.3 is 5.97 Å². The molecule has 0 unspecified atom stereocenters. The molecule has 2 aromatic carbocycles. The molecule has 0 radical (unpaired) electrons. The molecule has 0 spiro atoms. The van der Waals surface area contributed by atoms with E-state index in [0.717, 1.165) is 29.7 Å². The molecule has 1 aliphatic rings. The van der Waals surface area contributed by atoms with Crippen molar-refractivity contribution in [1.29, 1.82) is 0 Å². The summed E-state index contributed by atoms with van der Waals surface area (Å²) in [6.07, 6.45) is 3.62. The van der Waals surface area contributed by atoms with E-state index in [-0.39, 0.29) is 13.4 Å². The highest BCUT2D eigenvalue weighted by Gasteiger charge is 2.21. The third-order valence-corrected chi connectivity index (χ3v) is 4.75. The smallest absolute Gasteiger partial charge is 0.341 e. The van der Waals surface area contributed by atoms with Crippen molar-refractivity contribution in [2.75, 3.05) is 25.3 Å². The lowest BCUT2D eigenvalue weighted by molar-refractivity contribution is 0.0527. The number of anilines is 2. The van der Waals surface area contributed by atoms with Crippen molar-refractivity contribution >= 4 is 28.2 Å². The number of aromatic nitrogens is 1. The largest absolute Gasteiger partial charge is 0.494 e. The number of hydrogen-bond acceptors (Lipinski definition) is 7. The van der Waals surface area contributed by atoms with Crippen molar-refractivity contribution in [3.63, 3.8) is 0 Å². The van der Waals surface area contributed by atoms with E-state index in [1.54, 1.807) is 6.92 Å². The van der Waals surface area contributed by atoms with Crippen molar-refractivity contribution < 1.29 is 23.7 Å². The molecule has 30 heavy (non-hydrogen) atoms. The van der Waals surface area contributed by atoms with Crippen LogP contribution in [0.25, 0.3) is 10.9 Å². The van der Waals surface area contributed by atoms with Crippen molar-refractivity contribution in [2.24, 2.45) is 0 Å². The van der Waals surface area contributed by atoms with E-state index in [0.29, 0.717) is 34.9 Å². The summed E-state index contributed by atoms with van der Waals surface area (Å²) in [6.45, 7) is 5.04. The maximum Gasteiger partial charge on any atom is 0.341 e. The Hall–Kier alpha value is -3.48. The zero-order valence-corrected chi connectivity index (χ0v) is 17.1. The summed E-state index contributed by atoms with van der Waals surface area (Å²) in [6, 6.07) is 11.3. The average Bonchev–Trinajstić information content (AvgIpc) is 3.21. The normalized spacial score (nSPS) is 12.1. The molecule has 0 saturated heterocycles. The predicted molar refractivity (Wildman–Crippen MR) is 114 cm³/mol. The fourth-order valence-corrected chi connectivity index (χ4v) is 3.19. The van der Waals surface area contributed by atoms with Gasteiger partial charge in [0, 0.05) is 23.3 Å².